The maximum absolute atomic E-state index is 12.5. The zero-order chi connectivity index (χ0) is 16.9. The van der Waals surface area contributed by atoms with E-state index in [1.54, 1.807) is 31.2 Å². The summed E-state index contributed by atoms with van der Waals surface area (Å²) >= 11 is 0. The third-order valence-electron chi connectivity index (χ3n) is 4.09. The second-order valence-corrected chi connectivity index (χ2v) is 7.57. The van der Waals surface area contributed by atoms with Gasteiger partial charge < -0.3 is 9.47 Å². The minimum atomic E-state index is -3.79. The summed E-state index contributed by atoms with van der Waals surface area (Å²) < 4.78 is 37.3. The van der Waals surface area contributed by atoms with Crippen molar-refractivity contribution in [1.29, 1.82) is 0 Å². The van der Waals surface area contributed by atoms with Crippen LogP contribution in [-0.4, -0.2) is 39.9 Å². The zero-order valence-electron chi connectivity index (χ0n) is 13.4. The molecule has 1 saturated heterocycles. The number of methoxy groups -OCH3 is 1. The number of carbonyl (C=O) groups excluding carboxylic acids is 1. The third kappa shape index (κ3) is 4.53. The first-order valence-corrected chi connectivity index (χ1v) is 9.30. The fourth-order valence-corrected chi connectivity index (χ4v) is 3.87. The van der Waals surface area contributed by atoms with Crippen LogP contribution >= 0.6 is 0 Å². The molecule has 1 aromatic rings. The summed E-state index contributed by atoms with van der Waals surface area (Å²) in [5.41, 5.74) is -0.786. The normalized spacial score (nSPS) is 21.4. The van der Waals surface area contributed by atoms with Gasteiger partial charge in [0.05, 0.1) is 11.9 Å². The molecule has 1 aliphatic rings. The van der Waals surface area contributed by atoms with Crippen molar-refractivity contribution in [1.82, 2.24) is 4.72 Å². The lowest BCUT2D eigenvalue weighted by atomic mass is 9.95. The molecule has 7 heteroatoms. The molecule has 0 radical (unpaired) electrons. The first-order valence-electron chi connectivity index (χ1n) is 7.64. The van der Waals surface area contributed by atoms with E-state index in [0.29, 0.717) is 18.6 Å². The number of amides is 1. The Kier molecular flexibility index (Phi) is 5.78. The molecule has 6 nitrogen and oxygen atoms in total. The van der Waals surface area contributed by atoms with Crippen molar-refractivity contribution in [3.05, 3.63) is 35.9 Å². The SMILES string of the molecule is COC(C)(C(=O)NS(=O)(=O)CC1CCCCO1)c1ccccc1. The summed E-state index contributed by atoms with van der Waals surface area (Å²) in [6, 6.07) is 8.79. The molecule has 1 fully saturated rings. The maximum Gasteiger partial charge on any atom is 0.270 e. The summed E-state index contributed by atoms with van der Waals surface area (Å²) in [5.74, 6) is -0.921. The predicted molar refractivity (Wildman–Crippen MR) is 86.3 cm³/mol. The molecule has 0 saturated carbocycles. The van der Waals surface area contributed by atoms with Gasteiger partial charge in [-0.2, -0.15) is 0 Å². The van der Waals surface area contributed by atoms with Crippen molar-refractivity contribution in [2.24, 2.45) is 0 Å². The summed E-state index contributed by atoms with van der Waals surface area (Å²) in [6.45, 7) is 2.11. The van der Waals surface area contributed by atoms with Crippen molar-refractivity contribution in [2.75, 3.05) is 19.5 Å². The number of nitrogens with one attached hydrogen (secondary N) is 1. The summed E-state index contributed by atoms with van der Waals surface area (Å²) in [5, 5.41) is 0. The Hall–Kier alpha value is -1.44. The number of rotatable bonds is 6. The van der Waals surface area contributed by atoms with Gasteiger partial charge in [-0.3, -0.25) is 9.52 Å². The first-order chi connectivity index (χ1) is 10.9. The monoisotopic (exact) mass is 341 g/mol. The van der Waals surface area contributed by atoms with Crippen LogP contribution in [0.5, 0.6) is 0 Å². The average molecular weight is 341 g/mol. The standard InChI is InChI=1S/C16H23NO5S/c1-16(21-2,13-8-4-3-5-9-13)15(18)17-23(19,20)12-14-10-6-7-11-22-14/h3-5,8-9,14H,6-7,10-12H2,1-2H3,(H,17,18). The Morgan fingerprint density at radius 1 is 1.35 bits per heavy atom. The highest BCUT2D eigenvalue weighted by Gasteiger charge is 2.38. The first kappa shape index (κ1) is 17.9. The van der Waals surface area contributed by atoms with Gasteiger partial charge in [0.2, 0.25) is 10.0 Å². The Bertz CT molecular complexity index is 625. The number of hydrogen-bond donors (Lipinski definition) is 1. The fraction of sp³-hybridized carbons (Fsp3) is 0.562. The molecule has 1 heterocycles. The Morgan fingerprint density at radius 2 is 2.04 bits per heavy atom. The number of sulfonamides is 1. The van der Waals surface area contributed by atoms with E-state index in [2.05, 4.69) is 4.72 Å². The summed E-state index contributed by atoms with van der Waals surface area (Å²) in [4.78, 5) is 12.5. The lowest BCUT2D eigenvalue weighted by Gasteiger charge is -2.28. The molecular formula is C16H23NO5S. The summed E-state index contributed by atoms with van der Waals surface area (Å²) in [6.07, 6.45) is 2.21. The number of hydrogen-bond acceptors (Lipinski definition) is 5. The van der Waals surface area contributed by atoms with Gasteiger partial charge in [0.25, 0.3) is 5.91 Å². The van der Waals surface area contributed by atoms with Crippen LogP contribution in [-0.2, 0) is 29.9 Å². The van der Waals surface area contributed by atoms with E-state index >= 15 is 0 Å². The lowest BCUT2D eigenvalue weighted by molar-refractivity contribution is -0.140. The van der Waals surface area contributed by atoms with Gasteiger partial charge >= 0.3 is 0 Å². The van der Waals surface area contributed by atoms with Crippen LogP contribution in [0.25, 0.3) is 0 Å². The van der Waals surface area contributed by atoms with E-state index in [0.717, 1.165) is 12.8 Å². The van der Waals surface area contributed by atoms with Crippen molar-refractivity contribution >= 4 is 15.9 Å². The molecule has 1 N–H and O–H groups in total. The second-order valence-electron chi connectivity index (χ2n) is 5.80. The largest absolute Gasteiger partial charge is 0.377 e. The molecule has 2 unspecified atom stereocenters. The highest BCUT2D eigenvalue weighted by atomic mass is 32.2. The molecule has 0 aliphatic carbocycles. The molecule has 0 spiro atoms. The minimum absolute atomic E-state index is 0.215. The molecule has 1 aromatic carbocycles. The third-order valence-corrected chi connectivity index (χ3v) is 5.40. The Morgan fingerprint density at radius 3 is 2.61 bits per heavy atom. The molecule has 2 rings (SSSR count). The maximum atomic E-state index is 12.5. The van der Waals surface area contributed by atoms with Gasteiger partial charge in [-0.25, -0.2) is 8.42 Å². The molecule has 23 heavy (non-hydrogen) atoms. The highest BCUT2D eigenvalue weighted by molar-refractivity contribution is 7.90. The molecule has 0 bridgehead atoms. The number of ether oxygens (including phenoxy) is 2. The van der Waals surface area contributed by atoms with E-state index in [4.69, 9.17) is 9.47 Å². The average Bonchev–Trinajstić information content (AvgIpc) is 2.54. The molecular weight excluding hydrogens is 318 g/mol. The molecule has 128 valence electrons. The van der Waals surface area contributed by atoms with Crippen molar-refractivity contribution < 1.29 is 22.7 Å². The van der Waals surface area contributed by atoms with Gasteiger partial charge in [0.15, 0.2) is 5.60 Å². The lowest BCUT2D eigenvalue weighted by Crippen LogP contribution is -2.48. The van der Waals surface area contributed by atoms with Gasteiger partial charge in [0.1, 0.15) is 0 Å². The van der Waals surface area contributed by atoms with Crippen LogP contribution in [0.15, 0.2) is 30.3 Å². The Balaban J connectivity index is 2.09. The quantitative estimate of drug-likeness (QED) is 0.849. The zero-order valence-corrected chi connectivity index (χ0v) is 14.3. The van der Waals surface area contributed by atoms with Crippen LogP contribution in [0.4, 0.5) is 0 Å². The predicted octanol–water partition coefficient (Wildman–Crippen LogP) is 1.56. The van der Waals surface area contributed by atoms with Crippen molar-refractivity contribution in [3.8, 4) is 0 Å². The van der Waals surface area contributed by atoms with Crippen LogP contribution in [0.3, 0.4) is 0 Å². The van der Waals surface area contributed by atoms with E-state index in [1.165, 1.54) is 7.11 Å². The van der Waals surface area contributed by atoms with Gasteiger partial charge in [-0.15, -0.1) is 0 Å². The molecule has 0 aromatic heterocycles. The highest BCUT2D eigenvalue weighted by Crippen LogP contribution is 2.25. The number of carbonyl (C=O) groups is 1. The van der Waals surface area contributed by atoms with Crippen LogP contribution in [0.1, 0.15) is 31.7 Å². The van der Waals surface area contributed by atoms with E-state index < -0.39 is 21.5 Å². The van der Waals surface area contributed by atoms with E-state index in [-0.39, 0.29) is 11.9 Å². The topological polar surface area (TPSA) is 81.7 Å². The fourth-order valence-electron chi connectivity index (χ4n) is 2.56. The minimum Gasteiger partial charge on any atom is -0.377 e. The van der Waals surface area contributed by atoms with Crippen LogP contribution < -0.4 is 4.72 Å². The van der Waals surface area contributed by atoms with Gasteiger partial charge in [0, 0.05) is 13.7 Å². The van der Waals surface area contributed by atoms with Crippen LogP contribution in [0.2, 0.25) is 0 Å². The molecule has 2 atom stereocenters. The van der Waals surface area contributed by atoms with Gasteiger partial charge in [-0.05, 0) is 31.7 Å². The Labute approximate surface area is 137 Å². The smallest absolute Gasteiger partial charge is 0.270 e. The van der Waals surface area contributed by atoms with Gasteiger partial charge in [-0.1, -0.05) is 30.3 Å². The summed E-state index contributed by atoms with van der Waals surface area (Å²) in [7, 11) is -2.41. The van der Waals surface area contributed by atoms with Crippen LogP contribution in [0, 0.1) is 0 Å². The van der Waals surface area contributed by atoms with Crippen molar-refractivity contribution in [3.63, 3.8) is 0 Å². The van der Waals surface area contributed by atoms with E-state index in [1.807, 2.05) is 6.07 Å². The van der Waals surface area contributed by atoms with Crippen molar-refractivity contribution in [2.45, 2.75) is 37.9 Å². The number of benzene rings is 1. The molecule has 1 amide bonds. The molecule has 1 aliphatic heterocycles. The van der Waals surface area contributed by atoms with E-state index in [9.17, 15) is 13.2 Å². The second kappa shape index (κ2) is 7.42.